The Morgan fingerprint density at radius 1 is 0.969 bits per heavy atom. The molecule has 0 aliphatic carbocycles. The number of hydrogen-bond acceptors (Lipinski definition) is 4. The molecule has 0 spiro atoms. The third-order valence-electron chi connectivity index (χ3n) is 5.56. The number of nitrogens with one attached hydrogen (secondary N) is 1. The fourth-order valence-electron chi connectivity index (χ4n) is 3.88. The maximum atomic E-state index is 13.4. The van der Waals surface area contributed by atoms with E-state index >= 15 is 0 Å². The smallest absolute Gasteiger partial charge is 0.321 e. The Hall–Kier alpha value is -3.55. The molecule has 8 heteroatoms. The van der Waals surface area contributed by atoms with Crippen LogP contribution in [0.4, 0.5) is 25.1 Å². The number of amides is 2. The molecule has 4 rings (SSSR count). The molecule has 32 heavy (non-hydrogen) atoms. The second-order valence-electron chi connectivity index (χ2n) is 7.85. The van der Waals surface area contributed by atoms with E-state index in [4.69, 9.17) is 4.98 Å². The molecular weight excluding hydrogens is 412 g/mol. The van der Waals surface area contributed by atoms with Gasteiger partial charge in [-0.2, -0.15) is 0 Å². The van der Waals surface area contributed by atoms with Crippen molar-refractivity contribution in [1.82, 2.24) is 14.9 Å². The third kappa shape index (κ3) is 4.85. The summed E-state index contributed by atoms with van der Waals surface area (Å²) in [5.74, 6) is -0.321. The number of anilines is 2. The first-order chi connectivity index (χ1) is 15.4. The van der Waals surface area contributed by atoms with Gasteiger partial charge in [-0.3, -0.25) is 0 Å². The maximum Gasteiger partial charge on any atom is 0.321 e. The monoisotopic (exact) mass is 437 g/mol. The van der Waals surface area contributed by atoms with Crippen LogP contribution < -0.4 is 10.2 Å². The summed E-state index contributed by atoms with van der Waals surface area (Å²) in [4.78, 5) is 25.7. The summed E-state index contributed by atoms with van der Waals surface area (Å²) in [7, 11) is 0. The fourth-order valence-corrected chi connectivity index (χ4v) is 3.88. The lowest BCUT2D eigenvalue weighted by Crippen LogP contribution is -2.50. The van der Waals surface area contributed by atoms with Crippen molar-refractivity contribution < 1.29 is 13.6 Å². The largest absolute Gasteiger partial charge is 0.353 e. The van der Waals surface area contributed by atoms with E-state index in [1.165, 1.54) is 11.6 Å². The van der Waals surface area contributed by atoms with Crippen molar-refractivity contribution in [1.29, 1.82) is 0 Å². The summed E-state index contributed by atoms with van der Waals surface area (Å²) in [6, 6.07) is 13.2. The van der Waals surface area contributed by atoms with Crippen LogP contribution in [0.2, 0.25) is 0 Å². The van der Waals surface area contributed by atoms with Crippen LogP contribution in [0.1, 0.15) is 22.6 Å². The molecule has 1 aliphatic rings. The van der Waals surface area contributed by atoms with Gasteiger partial charge in [-0.1, -0.05) is 30.3 Å². The normalized spacial score (nSPS) is 13.9. The Morgan fingerprint density at radius 3 is 2.38 bits per heavy atom. The van der Waals surface area contributed by atoms with Gasteiger partial charge in [-0.25, -0.2) is 23.5 Å². The molecule has 2 aromatic carbocycles. The quantitative estimate of drug-likeness (QED) is 0.661. The molecule has 1 N–H and O–H groups in total. The number of piperazine rings is 1. The van der Waals surface area contributed by atoms with Crippen LogP contribution >= 0.6 is 0 Å². The number of benzene rings is 2. The molecule has 3 aromatic rings. The summed E-state index contributed by atoms with van der Waals surface area (Å²) < 4.78 is 26.5. The van der Waals surface area contributed by atoms with Gasteiger partial charge in [0, 0.05) is 55.6 Å². The highest BCUT2D eigenvalue weighted by Gasteiger charge is 2.25. The molecule has 1 aromatic heterocycles. The number of carbonyl (C=O) groups excluding carboxylic acids is 1. The summed E-state index contributed by atoms with van der Waals surface area (Å²) >= 11 is 0. The molecule has 0 unspecified atom stereocenters. The van der Waals surface area contributed by atoms with E-state index in [0.29, 0.717) is 32.0 Å². The average molecular weight is 437 g/mol. The second-order valence-corrected chi connectivity index (χ2v) is 7.85. The van der Waals surface area contributed by atoms with Gasteiger partial charge in [-0.15, -0.1) is 0 Å². The van der Waals surface area contributed by atoms with Gasteiger partial charge < -0.3 is 15.1 Å². The van der Waals surface area contributed by atoms with Crippen LogP contribution in [-0.4, -0.2) is 47.1 Å². The van der Waals surface area contributed by atoms with Crippen LogP contribution in [-0.2, 0) is 6.42 Å². The van der Waals surface area contributed by atoms with Gasteiger partial charge in [-0.05, 0) is 31.5 Å². The molecule has 0 atom stereocenters. The summed E-state index contributed by atoms with van der Waals surface area (Å²) in [5, 5.41) is 2.63. The molecule has 0 bridgehead atoms. The molecular formula is C24H25F2N5O. The maximum absolute atomic E-state index is 13.4. The minimum Gasteiger partial charge on any atom is -0.353 e. The first-order valence-electron chi connectivity index (χ1n) is 10.5. The minimum absolute atomic E-state index is 0.225. The van der Waals surface area contributed by atoms with Crippen LogP contribution in [0.5, 0.6) is 0 Å². The summed E-state index contributed by atoms with van der Waals surface area (Å²) in [6.07, 6.45) is 0.735. The van der Waals surface area contributed by atoms with E-state index < -0.39 is 11.6 Å². The highest BCUT2D eigenvalue weighted by Crippen LogP contribution is 2.25. The van der Waals surface area contributed by atoms with E-state index in [9.17, 15) is 13.6 Å². The topological polar surface area (TPSA) is 61.4 Å². The average Bonchev–Trinajstić information content (AvgIpc) is 2.79. The van der Waals surface area contributed by atoms with E-state index in [1.54, 1.807) is 4.90 Å². The van der Waals surface area contributed by atoms with Crippen LogP contribution in [0.15, 0.2) is 48.5 Å². The number of hydrogen-bond donors (Lipinski definition) is 1. The zero-order chi connectivity index (χ0) is 22.7. The van der Waals surface area contributed by atoms with Crippen LogP contribution in [0, 0.1) is 25.5 Å². The molecule has 6 nitrogen and oxygen atoms in total. The van der Waals surface area contributed by atoms with Crippen molar-refractivity contribution >= 4 is 17.5 Å². The Kier molecular flexibility index (Phi) is 6.30. The molecule has 1 fully saturated rings. The van der Waals surface area contributed by atoms with Gasteiger partial charge in [0.1, 0.15) is 11.6 Å². The van der Waals surface area contributed by atoms with E-state index in [1.807, 2.05) is 32.0 Å². The lowest BCUT2D eigenvalue weighted by atomic mass is 10.0. The lowest BCUT2D eigenvalue weighted by molar-refractivity contribution is 0.208. The number of carbonyl (C=O) groups is 1. The SMILES string of the molecule is Cc1nc(C)c(Cc2ccccc2)c(N2CCN(C(=O)Nc3ccc(F)c(F)c3)CC2)n1. The number of nitrogens with zero attached hydrogens (tertiary/aromatic N) is 4. The van der Waals surface area contributed by atoms with Gasteiger partial charge in [0.2, 0.25) is 0 Å². The van der Waals surface area contributed by atoms with Gasteiger partial charge in [0.05, 0.1) is 0 Å². The lowest BCUT2D eigenvalue weighted by Gasteiger charge is -2.36. The summed E-state index contributed by atoms with van der Waals surface area (Å²) in [6.45, 7) is 6.09. The van der Waals surface area contributed by atoms with Crippen molar-refractivity contribution in [2.75, 3.05) is 36.4 Å². The minimum atomic E-state index is -0.993. The molecule has 1 saturated heterocycles. The first kappa shape index (κ1) is 21.7. The number of aromatic nitrogens is 2. The molecule has 2 heterocycles. The van der Waals surface area contributed by atoms with Crippen LogP contribution in [0.3, 0.4) is 0 Å². The molecule has 2 amide bonds. The van der Waals surface area contributed by atoms with Crippen molar-refractivity contribution in [2.45, 2.75) is 20.3 Å². The standard InChI is InChI=1S/C24H25F2N5O/c1-16-20(14-18-6-4-3-5-7-18)23(28-17(2)27-16)30-10-12-31(13-11-30)24(32)29-19-8-9-21(25)22(26)15-19/h3-9,15H,10-14H2,1-2H3,(H,29,32). The zero-order valence-corrected chi connectivity index (χ0v) is 18.1. The van der Waals surface area contributed by atoms with Crippen molar-refractivity contribution in [3.8, 4) is 0 Å². The van der Waals surface area contributed by atoms with Gasteiger partial charge >= 0.3 is 6.03 Å². The molecule has 1 aliphatic heterocycles. The molecule has 0 radical (unpaired) electrons. The number of urea groups is 1. The Morgan fingerprint density at radius 2 is 1.69 bits per heavy atom. The fraction of sp³-hybridized carbons (Fsp3) is 0.292. The highest BCUT2D eigenvalue weighted by atomic mass is 19.2. The number of halogens is 2. The number of aryl methyl sites for hydroxylation is 2. The third-order valence-corrected chi connectivity index (χ3v) is 5.56. The van der Waals surface area contributed by atoms with Gasteiger partial charge in [0.25, 0.3) is 0 Å². The highest BCUT2D eigenvalue weighted by molar-refractivity contribution is 5.89. The second kappa shape index (κ2) is 9.30. The first-order valence-corrected chi connectivity index (χ1v) is 10.5. The van der Waals surface area contributed by atoms with E-state index in [-0.39, 0.29) is 11.7 Å². The summed E-state index contributed by atoms with van der Waals surface area (Å²) in [5.41, 5.74) is 3.45. The van der Waals surface area contributed by atoms with E-state index in [2.05, 4.69) is 27.3 Å². The Labute approximate surface area is 185 Å². The van der Waals surface area contributed by atoms with E-state index in [0.717, 1.165) is 35.6 Å². The van der Waals surface area contributed by atoms with Crippen LogP contribution in [0.25, 0.3) is 0 Å². The molecule has 166 valence electrons. The Balaban J connectivity index is 1.45. The van der Waals surface area contributed by atoms with Crippen molar-refractivity contribution in [3.63, 3.8) is 0 Å². The zero-order valence-electron chi connectivity index (χ0n) is 18.1. The van der Waals surface area contributed by atoms with Crippen molar-refractivity contribution in [3.05, 3.63) is 82.8 Å². The predicted molar refractivity (Wildman–Crippen MR) is 120 cm³/mol. The predicted octanol–water partition coefficient (Wildman–Crippen LogP) is 4.32. The van der Waals surface area contributed by atoms with Crippen molar-refractivity contribution in [2.24, 2.45) is 0 Å². The Bertz CT molecular complexity index is 1110. The number of rotatable bonds is 4. The molecule has 0 saturated carbocycles. The van der Waals surface area contributed by atoms with Gasteiger partial charge in [0.15, 0.2) is 11.6 Å².